The molecule has 0 bridgehead atoms. The fourth-order valence-corrected chi connectivity index (χ4v) is 5.94. The third-order valence-electron chi connectivity index (χ3n) is 6.38. The summed E-state index contributed by atoms with van der Waals surface area (Å²) in [7, 11) is 0. The molecule has 36 heavy (non-hydrogen) atoms. The number of hydrazone groups is 2. The Kier molecular flexibility index (Phi) is 6.16. The molecule has 0 amide bonds. The zero-order valence-corrected chi connectivity index (χ0v) is 20.9. The lowest BCUT2D eigenvalue weighted by Gasteiger charge is -2.37. The third kappa shape index (κ3) is 4.25. The summed E-state index contributed by atoms with van der Waals surface area (Å²) in [6.45, 7) is 0. The lowest BCUT2D eigenvalue weighted by Crippen LogP contribution is -2.35. The summed E-state index contributed by atoms with van der Waals surface area (Å²) in [4.78, 5) is 20.8. The number of nitrogens with zero attached hydrogens (tertiary/aromatic N) is 3. The predicted octanol–water partition coefficient (Wildman–Crippen LogP) is 5.49. The van der Waals surface area contributed by atoms with Crippen molar-refractivity contribution in [2.45, 2.75) is 35.1 Å². The number of pyridine rings is 1. The molecule has 0 atom stereocenters. The van der Waals surface area contributed by atoms with Gasteiger partial charge in [-0.1, -0.05) is 48.5 Å². The Hall–Kier alpha value is -3.69. The lowest BCUT2D eigenvalue weighted by molar-refractivity contribution is 0.242. The van der Waals surface area contributed by atoms with Crippen LogP contribution in [0.25, 0.3) is 10.9 Å². The number of hydrogen-bond donors (Lipinski definition) is 3. The topological polar surface area (TPSA) is 93.1 Å². The molecule has 1 fully saturated rings. The molecular weight excluding hydrogens is 490 g/mol. The van der Waals surface area contributed by atoms with Gasteiger partial charge in [-0.05, 0) is 43.5 Å². The van der Waals surface area contributed by atoms with Gasteiger partial charge in [-0.25, -0.2) is 9.25 Å². The number of nitrogens with one attached hydrogen (secondary N) is 2. The van der Waals surface area contributed by atoms with Crippen LogP contribution in [-0.2, 0) is 0 Å². The second kappa shape index (κ2) is 9.75. The maximum atomic E-state index is 12.8. The summed E-state index contributed by atoms with van der Waals surface area (Å²) in [5.41, 5.74) is 3.14. The molecule has 0 spiro atoms. The van der Waals surface area contributed by atoms with Gasteiger partial charge in [0.25, 0.3) is 5.56 Å². The number of hydrogen-bond acceptors (Lipinski definition) is 8. The van der Waals surface area contributed by atoms with Crippen molar-refractivity contribution in [2.24, 2.45) is 10.2 Å². The van der Waals surface area contributed by atoms with E-state index in [4.69, 9.17) is 5.10 Å². The van der Waals surface area contributed by atoms with Crippen molar-refractivity contribution in [3.8, 4) is 5.75 Å². The minimum Gasteiger partial charge on any atom is -0.506 e. The summed E-state index contributed by atoms with van der Waals surface area (Å²) in [5.74, 6) is -0.0154. The normalized spacial score (nSPS) is 16.1. The molecule has 3 aliphatic rings. The van der Waals surface area contributed by atoms with Crippen molar-refractivity contribution >= 4 is 46.7 Å². The minimum absolute atomic E-state index is 0.0154. The first-order chi connectivity index (χ1) is 17.7. The number of para-hydroxylation sites is 1. The van der Waals surface area contributed by atoms with Crippen molar-refractivity contribution in [3.63, 3.8) is 0 Å². The van der Waals surface area contributed by atoms with Crippen molar-refractivity contribution < 1.29 is 5.11 Å². The van der Waals surface area contributed by atoms with Crippen LogP contribution in [0.4, 0.5) is 0 Å². The Bertz CT molecular complexity index is 1560. The van der Waals surface area contributed by atoms with Crippen LogP contribution in [0.2, 0.25) is 0 Å². The molecule has 1 aromatic heterocycles. The van der Waals surface area contributed by atoms with E-state index >= 15 is 0 Å². The fourth-order valence-electron chi connectivity index (χ4n) is 4.26. The Balaban J connectivity index is 0.000000200. The van der Waals surface area contributed by atoms with Gasteiger partial charge in [0, 0.05) is 50.2 Å². The minimum atomic E-state index is -0.324. The first-order valence-corrected chi connectivity index (χ1v) is 13.3. The van der Waals surface area contributed by atoms with E-state index in [1.54, 1.807) is 36.0 Å². The molecule has 3 heterocycles. The molecule has 9 heteroatoms. The molecule has 0 radical (unpaired) electrons. The van der Waals surface area contributed by atoms with Gasteiger partial charge in [0.05, 0.1) is 17.8 Å². The molecule has 3 N–H and O–H groups in total. The van der Waals surface area contributed by atoms with E-state index in [1.807, 2.05) is 65.2 Å². The molecule has 0 unspecified atom stereocenters. The standard InChI is InChI=1S/C20H17N3O2S.C7H6N2S/c24-19-13-8-1-3-10-15(13)21-20(25)17(19)18-14-9-2-4-11-16(14)26-23(22-18)12-6-5-7-12;1-2-4-7-6(3-1)5-8-9-10-7/h1-4,8-12H,5-7H2,(H2,21,24,25);1-5,9H. The van der Waals surface area contributed by atoms with E-state index in [0.29, 0.717) is 22.7 Å². The molecule has 1 aliphatic carbocycles. The maximum absolute atomic E-state index is 12.8. The van der Waals surface area contributed by atoms with Crippen molar-refractivity contribution in [3.05, 3.63) is 99.8 Å². The van der Waals surface area contributed by atoms with Crippen LogP contribution >= 0.6 is 23.9 Å². The summed E-state index contributed by atoms with van der Waals surface area (Å²) in [6, 6.07) is 23.7. The molecular formula is C27H23N5O2S2. The monoisotopic (exact) mass is 513 g/mol. The smallest absolute Gasteiger partial charge is 0.261 e. The second-order valence-electron chi connectivity index (χ2n) is 8.64. The summed E-state index contributed by atoms with van der Waals surface area (Å²) >= 11 is 3.15. The highest BCUT2D eigenvalue weighted by Crippen LogP contribution is 2.40. The van der Waals surface area contributed by atoms with Gasteiger partial charge in [-0.3, -0.25) is 4.79 Å². The molecule has 2 aliphatic heterocycles. The second-order valence-corrected chi connectivity index (χ2v) is 10.5. The zero-order valence-electron chi connectivity index (χ0n) is 19.2. The number of H-pyrrole nitrogens is 1. The van der Waals surface area contributed by atoms with Gasteiger partial charge in [-0.15, -0.1) is 0 Å². The van der Waals surface area contributed by atoms with Crippen molar-refractivity contribution in [1.82, 2.24) is 14.2 Å². The number of aromatic nitrogens is 1. The zero-order chi connectivity index (χ0) is 24.5. The Morgan fingerprint density at radius 1 is 0.944 bits per heavy atom. The number of fused-ring (bicyclic) bond motifs is 3. The van der Waals surface area contributed by atoms with Gasteiger partial charge in [0.2, 0.25) is 0 Å². The van der Waals surface area contributed by atoms with E-state index < -0.39 is 0 Å². The van der Waals surface area contributed by atoms with Crippen LogP contribution in [0.3, 0.4) is 0 Å². The summed E-state index contributed by atoms with van der Waals surface area (Å²) in [6.07, 6.45) is 5.24. The molecule has 0 saturated heterocycles. The van der Waals surface area contributed by atoms with E-state index in [-0.39, 0.29) is 16.9 Å². The largest absolute Gasteiger partial charge is 0.506 e. The lowest BCUT2D eigenvalue weighted by atomic mass is 9.94. The highest BCUT2D eigenvalue weighted by Gasteiger charge is 2.32. The molecule has 3 aromatic carbocycles. The van der Waals surface area contributed by atoms with Crippen LogP contribution in [0.15, 0.2) is 97.6 Å². The van der Waals surface area contributed by atoms with Crippen LogP contribution in [-0.4, -0.2) is 32.5 Å². The van der Waals surface area contributed by atoms with Gasteiger partial charge < -0.3 is 10.1 Å². The van der Waals surface area contributed by atoms with Crippen LogP contribution < -0.4 is 10.4 Å². The average Bonchev–Trinajstić information content (AvgIpc) is 2.88. The molecule has 7 nitrogen and oxygen atoms in total. The van der Waals surface area contributed by atoms with E-state index in [2.05, 4.69) is 21.0 Å². The van der Waals surface area contributed by atoms with Gasteiger partial charge >= 0.3 is 0 Å². The number of benzene rings is 3. The molecule has 1 saturated carbocycles. The average molecular weight is 514 g/mol. The number of rotatable bonds is 2. The molecule has 7 rings (SSSR count). The van der Waals surface area contributed by atoms with Crippen LogP contribution in [0, 0.1) is 0 Å². The predicted molar refractivity (Wildman–Crippen MR) is 147 cm³/mol. The van der Waals surface area contributed by atoms with E-state index in [9.17, 15) is 9.90 Å². The number of aromatic amines is 1. The molecule has 4 aromatic rings. The van der Waals surface area contributed by atoms with E-state index in [0.717, 1.165) is 23.3 Å². The SMILES string of the molecule is C1=NNSc2ccccc21.O=c1[nH]c2ccccc2c(O)c1C1=NN(C2CCC2)Sc2ccccc21. The summed E-state index contributed by atoms with van der Waals surface area (Å²) in [5, 5.41) is 20.2. The van der Waals surface area contributed by atoms with Gasteiger partial charge in [0.1, 0.15) is 17.0 Å². The first kappa shape index (κ1) is 22.8. The van der Waals surface area contributed by atoms with E-state index in [1.165, 1.54) is 16.9 Å². The Labute approximate surface area is 216 Å². The first-order valence-electron chi connectivity index (χ1n) is 11.7. The third-order valence-corrected chi connectivity index (χ3v) is 8.29. The van der Waals surface area contributed by atoms with Crippen molar-refractivity contribution in [2.75, 3.05) is 0 Å². The van der Waals surface area contributed by atoms with Crippen LogP contribution in [0.5, 0.6) is 5.75 Å². The van der Waals surface area contributed by atoms with Gasteiger partial charge in [-0.2, -0.15) is 10.2 Å². The Morgan fingerprint density at radius 2 is 1.69 bits per heavy atom. The molecule has 180 valence electrons. The number of aromatic hydroxyl groups is 1. The Morgan fingerprint density at radius 3 is 2.50 bits per heavy atom. The highest BCUT2D eigenvalue weighted by molar-refractivity contribution is 7.97. The maximum Gasteiger partial charge on any atom is 0.261 e. The quantitative estimate of drug-likeness (QED) is 0.307. The van der Waals surface area contributed by atoms with Crippen molar-refractivity contribution in [1.29, 1.82) is 0 Å². The summed E-state index contributed by atoms with van der Waals surface area (Å²) < 4.78 is 2.00. The van der Waals surface area contributed by atoms with Gasteiger partial charge in [0.15, 0.2) is 0 Å². The van der Waals surface area contributed by atoms with Crippen LogP contribution in [0.1, 0.15) is 36.0 Å². The highest BCUT2D eigenvalue weighted by atomic mass is 32.2. The fraction of sp³-hybridized carbons (Fsp3) is 0.148.